The minimum Gasteiger partial charge on any atom is -0.482 e. The number of carbonyl (C=O) groups excluding carboxylic acids is 2. The third-order valence-electron chi connectivity index (χ3n) is 10.7. The molecule has 1 spiro atoms. The van der Waals surface area contributed by atoms with E-state index in [9.17, 15) is 19.5 Å². The van der Waals surface area contributed by atoms with Crippen LogP contribution >= 0.6 is 0 Å². The van der Waals surface area contributed by atoms with Gasteiger partial charge in [0.05, 0.1) is 30.2 Å². The SMILES string of the molecule is C[C@@H]1[C@@H]([Si](C)(C)O)[C@H](CCn2cc([C@H](O)c3ccccc3)nn2)O[C@@]12C(=O)N(Cc1cccc(N3C(=O)COc4ccccc43)c1)c1ccccc12. The number of aliphatic hydroxyl groups is 1. The Labute approximate surface area is 303 Å². The van der Waals surface area contributed by atoms with Gasteiger partial charge >= 0.3 is 0 Å². The van der Waals surface area contributed by atoms with Crippen LogP contribution < -0.4 is 14.5 Å². The number of hydrogen-bond donors (Lipinski definition) is 2. The first kappa shape index (κ1) is 34.0. The van der Waals surface area contributed by atoms with E-state index in [1.165, 1.54) is 0 Å². The predicted octanol–water partition coefficient (Wildman–Crippen LogP) is 5.85. The number of aryl methyl sites for hydroxylation is 1. The molecule has 266 valence electrons. The van der Waals surface area contributed by atoms with Crippen LogP contribution in [0.1, 0.15) is 41.8 Å². The molecule has 0 unspecified atom stereocenters. The summed E-state index contributed by atoms with van der Waals surface area (Å²) in [6, 6.07) is 32.2. The fraction of sp³-hybridized carbons (Fsp3) is 0.300. The minimum absolute atomic E-state index is 0.0580. The Morgan fingerprint density at radius 2 is 1.67 bits per heavy atom. The number of carbonyl (C=O) groups is 2. The van der Waals surface area contributed by atoms with Crippen molar-refractivity contribution in [3.63, 3.8) is 0 Å². The van der Waals surface area contributed by atoms with E-state index in [0.29, 0.717) is 35.8 Å². The third-order valence-corrected chi connectivity index (χ3v) is 13.2. The van der Waals surface area contributed by atoms with E-state index in [2.05, 4.69) is 10.3 Å². The molecule has 11 nitrogen and oxygen atoms in total. The molecule has 1 fully saturated rings. The average Bonchev–Trinajstić information content (AvgIpc) is 3.81. The summed E-state index contributed by atoms with van der Waals surface area (Å²) in [5, 5.41) is 19.4. The first-order valence-electron chi connectivity index (χ1n) is 17.6. The van der Waals surface area contributed by atoms with Gasteiger partial charge in [-0.3, -0.25) is 19.2 Å². The number of nitrogens with zero attached hydrogens (tertiary/aromatic N) is 5. The van der Waals surface area contributed by atoms with Crippen molar-refractivity contribution < 1.29 is 29.0 Å². The zero-order chi connectivity index (χ0) is 36.2. The van der Waals surface area contributed by atoms with Crippen molar-refractivity contribution in [2.24, 2.45) is 5.92 Å². The molecule has 2 N–H and O–H groups in total. The highest BCUT2D eigenvalue weighted by Gasteiger charge is 2.66. The summed E-state index contributed by atoms with van der Waals surface area (Å²) in [6.45, 7) is 6.48. The Morgan fingerprint density at radius 1 is 0.942 bits per heavy atom. The molecule has 1 aromatic heterocycles. The Hall–Kier alpha value is -5.14. The van der Waals surface area contributed by atoms with Crippen molar-refractivity contribution in [2.75, 3.05) is 16.4 Å². The number of para-hydroxylation sites is 3. The van der Waals surface area contributed by atoms with Gasteiger partial charge in [-0.05, 0) is 61.0 Å². The normalized spacial score (nSPS) is 23.1. The van der Waals surface area contributed by atoms with Crippen molar-refractivity contribution >= 4 is 37.2 Å². The van der Waals surface area contributed by atoms with E-state index in [4.69, 9.17) is 9.47 Å². The van der Waals surface area contributed by atoms with E-state index < -0.39 is 26.1 Å². The number of aromatic nitrogens is 3. The standard InChI is InChI=1S/C40H41N5O6Si/c1-26-38(52(2,3)49)35(20-21-43-24-31(41-42-43)37(47)28-13-5-4-6-14-28)51-40(26)30-16-7-8-17-32(30)44(39(40)48)23-27-12-11-15-29(22-27)45-33-18-9-10-19-34(33)50-25-36(45)46/h4-19,22,24,26,35,37-38,47,49H,20-21,23,25H2,1-3H3/t26-,35+,37-,38-,40+/m1/s1. The van der Waals surface area contributed by atoms with Crippen LogP contribution in [0.3, 0.4) is 0 Å². The maximum absolute atomic E-state index is 14.9. The van der Waals surface area contributed by atoms with Gasteiger partial charge in [0, 0.05) is 29.3 Å². The molecule has 3 aliphatic rings. The summed E-state index contributed by atoms with van der Waals surface area (Å²) < 4.78 is 14.3. The van der Waals surface area contributed by atoms with Crippen LogP contribution in [0.2, 0.25) is 18.6 Å². The molecular weight excluding hydrogens is 675 g/mol. The number of ether oxygens (including phenoxy) is 2. The summed E-state index contributed by atoms with van der Waals surface area (Å²) in [5.74, 6) is -0.0195. The Bertz CT molecular complexity index is 2140. The molecule has 4 aromatic carbocycles. The summed E-state index contributed by atoms with van der Waals surface area (Å²) in [4.78, 5) is 43.1. The van der Waals surface area contributed by atoms with E-state index in [-0.39, 0.29) is 36.4 Å². The first-order valence-corrected chi connectivity index (χ1v) is 20.7. The van der Waals surface area contributed by atoms with Crippen LogP contribution in [0.15, 0.2) is 109 Å². The fourth-order valence-corrected chi connectivity index (χ4v) is 11.0. The lowest BCUT2D eigenvalue weighted by atomic mass is 9.82. The Kier molecular flexibility index (Phi) is 8.57. The van der Waals surface area contributed by atoms with Crippen LogP contribution in [0.4, 0.5) is 17.1 Å². The van der Waals surface area contributed by atoms with Gasteiger partial charge in [-0.1, -0.05) is 84.9 Å². The topological polar surface area (TPSA) is 130 Å². The van der Waals surface area contributed by atoms with Gasteiger partial charge in [-0.2, -0.15) is 0 Å². The van der Waals surface area contributed by atoms with Gasteiger partial charge in [-0.25, -0.2) is 0 Å². The summed E-state index contributed by atoms with van der Waals surface area (Å²) in [5.41, 5.74) is 3.42. The molecular formula is C40H41N5O6Si. The lowest BCUT2D eigenvalue weighted by Gasteiger charge is -2.32. The molecule has 0 radical (unpaired) electrons. The minimum atomic E-state index is -2.88. The molecule has 1 saturated heterocycles. The highest BCUT2D eigenvalue weighted by Crippen LogP contribution is 2.59. The van der Waals surface area contributed by atoms with E-state index in [0.717, 1.165) is 22.4 Å². The van der Waals surface area contributed by atoms with Crippen molar-refractivity contribution in [2.45, 2.75) is 62.9 Å². The highest BCUT2D eigenvalue weighted by molar-refractivity contribution is 6.71. The first-order chi connectivity index (χ1) is 25.1. The highest BCUT2D eigenvalue weighted by atomic mass is 28.4. The van der Waals surface area contributed by atoms with E-state index in [1.807, 2.05) is 123 Å². The molecule has 0 bridgehead atoms. The molecule has 5 aromatic rings. The zero-order valence-electron chi connectivity index (χ0n) is 29.3. The predicted molar refractivity (Wildman–Crippen MR) is 197 cm³/mol. The molecule has 4 heterocycles. The smallest absolute Gasteiger partial charge is 0.269 e. The Morgan fingerprint density at radius 3 is 2.46 bits per heavy atom. The molecule has 0 aliphatic carbocycles. The monoisotopic (exact) mass is 715 g/mol. The van der Waals surface area contributed by atoms with Crippen molar-refractivity contribution in [3.8, 4) is 5.75 Å². The van der Waals surface area contributed by atoms with E-state index in [1.54, 1.807) is 20.7 Å². The number of amides is 2. The van der Waals surface area contributed by atoms with Crippen LogP contribution in [0, 0.1) is 5.92 Å². The van der Waals surface area contributed by atoms with Crippen molar-refractivity contribution in [3.05, 3.63) is 132 Å². The molecule has 12 heteroatoms. The van der Waals surface area contributed by atoms with Gasteiger partial charge in [0.15, 0.2) is 20.5 Å². The largest absolute Gasteiger partial charge is 0.482 e. The van der Waals surface area contributed by atoms with Crippen molar-refractivity contribution in [1.82, 2.24) is 15.0 Å². The molecule has 3 aliphatic heterocycles. The number of anilines is 3. The number of hydrogen-bond acceptors (Lipinski definition) is 8. The number of aliphatic hydroxyl groups excluding tert-OH is 1. The van der Waals surface area contributed by atoms with Crippen molar-refractivity contribution in [1.29, 1.82) is 0 Å². The van der Waals surface area contributed by atoms with Gasteiger partial charge in [0.2, 0.25) is 0 Å². The number of rotatable bonds is 9. The molecule has 2 amide bonds. The van der Waals surface area contributed by atoms with Gasteiger partial charge in [-0.15, -0.1) is 5.10 Å². The van der Waals surface area contributed by atoms with Crippen LogP contribution in [-0.4, -0.2) is 57.7 Å². The summed E-state index contributed by atoms with van der Waals surface area (Å²) in [6.07, 6.45) is 0.893. The summed E-state index contributed by atoms with van der Waals surface area (Å²) in [7, 11) is -2.88. The quantitative estimate of drug-likeness (QED) is 0.182. The summed E-state index contributed by atoms with van der Waals surface area (Å²) >= 11 is 0. The molecule has 52 heavy (non-hydrogen) atoms. The van der Waals surface area contributed by atoms with E-state index >= 15 is 0 Å². The third kappa shape index (κ3) is 5.72. The van der Waals surface area contributed by atoms with Gasteiger partial charge < -0.3 is 24.3 Å². The second kappa shape index (κ2) is 13.1. The maximum Gasteiger partial charge on any atom is 0.269 e. The second-order valence-corrected chi connectivity index (χ2v) is 18.4. The van der Waals surface area contributed by atoms with Gasteiger partial charge in [0.1, 0.15) is 17.5 Å². The van der Waals surface area contributed by atoms with Gasteiger partial charge in [0.25, 0.3) is 11.8 Å². The number of fused-ring (bicyclic) bond motifs is 3. The second-order valence-electron chi connectivity index (χ2n) is 14.4. The fourth-order valence-electron chi connectivity index (χ4n) is 8.43. The average molecular weight is 716 g/mol. The van der Waals surface area contributed by atoms with Crippen LogP contribution in [-0.2, 0) is 33.0 Å². The lowest BCUT2D eigenvalue weighted by Crippen LogP contribution is -2.46. The zero-order valence-corrected chi connectivity index (χ0v) is 30.3. The Balaban J connectivity index is 1.07. The molecule has 0 saturated carbocycles. The lowest BCUT2D eigenvalue weighted by molar-refractivity contribution is -0.146. The van der Waals surface area contributed by atoms with Crippen LogP contribution in [0.25, 0.3) is 0 Å². The molecule has 8 rings (SSSR count). The molecule has 5 atom stereocenters. The maximum atomic E-state index is 14.9. The van der Waals surface area contributed by atoms with Crippen LogP contribution in [0.5, 0.6) is 5.75 Å². The number of benzene rings is 4.